The van der Waals surface area contributed by atoms with Crippen molar-refractivity contribution < 1.29 is 0 Å². The van der Waals surface area contributed by atoms with E-state index in [2.05, 4.69) is 46.9 Å². The summed E-state index contributed by atoms with van der Waals surface area (Å²) in [5, 5.41) is 3.67. The Morgan fingerprint density at radius 1 is 0.833 bits per heavy atom. The first-order chi connectivity index (χ1) is 8.39. The van der Waals surface area contributed by atoms with Crippen LogP contribution in [0.15, 0.2) is 0 Å². The molecule has 0 fully saturated rings. The molecule has 0 radical (unpaired) electrons. The summed E-state index contributed by atoms with van der Waals surface area (Å²) in [7, 11) is 0. The van der Waals surface area contributed by atoms with Gasteiger partial charge in [-0.15, -0.1) is 0 Å². The molecule has 0 aromatic rings. The van der Waals surface area contributed by atoms with Crippen LogP contribution in [0.4, 0.5) is 0 Å². The first kappa shape index (κ1) is 18.0. The number of unbranched alkanes of at least 4 members (excludes halogenated alkanes) is 1. The second kappa shape index (κ2) is 8.96. The first-order valence-corrected chi connectivity index (χ1v) is 8.10. The molecule has 0 aromatic carbocycles. The van der Waals surface area contributed by atoms with Crippen molar-refractivity contribution in [3.8, 4) is 0 Å². The summed E-state index contributed by atoms with van der Waals surface area (Å²) >= 11 is 0. The van der Waals surface area contributed by atoms with E-state index in [1.165, 1.54) is 58.0 Å². The van der Waals surface area contributed by atoms with Crippen molar-refractivity contribution >= 4 is 0 Å². The van der Waals surface area contributed by atoms with Crippen LogP contribution in [0.2, 0.25) is 0 Å². The number of nitrogens with one attached hydrogen (secondary N) is 1. The van der Waals surface area contributed by atoms with E-state index in [4.69, 9.17) is 0 Å². The van der Waals surface area contributed by atoms with E-state index < -0.39 is 0 Å². The Morgan fingerprint density at radius 3 is 1.94 bits per heavy atom. The molecule has 0 rings (SSSR count). The quantitative estimate of drug-likeness (QED) is 0.515. The molecule has 0 aliphatic rings. The third kappa shape index (κ3) is 8.13. The monoisotopic (exact) mass is 255 g/mol. The van der Waals surface area contributed by atoms with Gasteiger partial charge in [-0.1, -0.05) is 54.4 Å². The predicted molar refractivity (Wildman–Crippen MR) is 84.1 cm³/mol. The lowest BCUT2D eigenvalue weighted by Crippen LogP contribution is -2.35. The van der Waals surface area contributed by atoms with Crippen LogP contribution in [0.3, 0.4) is 0 Å². The predicted octanol–water partition coefficient (Wildman–Crippen LogP) is 5.40. The van der Waals surface area contributed by atoms with Gasteiger partial charge < -0.3 is 5.32 Å². The number of hydrogen-bond donors (Lipinski definition) is 1. The normalized spacial score (nSPS) is 15.7. The highest BCUT2D eigenvalue weighted by Crippen LogP contribution is 2.37. The molecule has 0 bridgehead atoms. The van der Waals surface area contributed by atoms with Crippen molar-refractivity contribution in [1.82, 2.24) is 5.32 Å². The van der Waals surface area contributed by atoms with Gasteiger partial charge in [0.15, 0.2) is 0 Å². The molecule has 0 amide bonds. The lowest BCUT2D eigenvalue weighted by Gasteiger charge is -2.36. The van der Waals surface area contributed by atoms with E-state index in [9.17, 15) is 0 Å². The van der Waals surface area contributed by atoms with E-state index in [0.29, 0.717) is 10.8 Å². The SMILES string of the molecule is CCCCC(CC)(CCC(C)(C)C)CNCCC. The zero-order valence-electron chi connectivity index (χ0n) is 13.9. The molecule has 0 aromatic heterocycles. The minimum atomic E-state index is 0.470. The van der Waals surface area contributed by atoms with Crippen molar-refractivity contribution in [1.29, 1.82) is 0 Å². The van der Waals surface area contributed by atoms with Gasteiger partial charge in [-0.25, -0.2) is 0 Å². The van der Waals surface area contributed by atoms with Crippen molar-refractivity contribution in [2.24, 2.45) is 10.8 Å². The summed E-state index contributed by atoms with van der Waals surface area (Å²) in [4.78, 5) is 0. The van der Waals surface area contributed by atoms with Crippen molar-refractivity contribution in [2.75, 3.05) is 13.1 Å². The maximum atomic E-state index is 3.67. The molecule has 0 saturated heterocycles. The molecule has 1 heteroatoms. The first-order valence-electron chi connectivity index (χ1n) is 8.10. The van der Waals surface area contributed by atoms with Crippen LogP contribution in [0.5, 0.6) is 0 Å². The molecule has 0 aliphatic heterocycles. The zero-order chi connectivity index (χ0) is 14.1. The van der Waals surface area contributed by atoms with Crippen LogP contribution in [0.1, 0.15) is 86.5 Å². The van der Waals surface area contributed by atoms with Crippen molar-refractivity contribution in [2.45, 2.75) is 86.5 Å². The standard InChI is InChI=1S/C17H37N/c1-7-10-11-17(9-3,15-18-14-8-2)13-12-16(4,5)6/h18H,7-15H2,1-6H3. The van der Waals surface area contributed by atoms with Gasteiger partial charge in [-0.2, -0.15) is 0 Å². The molecule has 1 nitrogen and oxygen atoms in total. The molecule has 0 heterocycles. The average Bonchev–Trinajstić information content (AvgIpc) is 2.31. The molecule has 0 spiro atoms. The van der Waals surface area contributed by atoms with Gasteiger partial charge in [0, 0.05) is 6.54 Å². The van der Waals surface area contributed by atoms with Gasteiger partial charge in [0.25, 0.3) is 0 Å². The smallest absolute Gasteiger partial charge is 0.000770 e. The molecule has 1 N–H and O–H groups in total. The Kier molecular flexibility index (Phi) is 8.94. The van der Waals surface area contributed by atoms with Crippen LogP contribution in [-0.4, -0.2) is 13.1 Å². The number of rotatable bonds is 10. The molecule has 18 heavy (non-hydrogen) atoms. The van der Waals surface area contributed by atoms with E-state index in [-0.39, 0.29) is 0 Å². The van der Waals surface area contributed by atoms with Crippen LogP contribution >= 0.6 is 0 Å². The van der Waals surface area contributed by atoms with Crippen molar-refractivity contribution in [3.05, 3.63) is 0 Å². The lowest BCUT2D eigenvalue weighted by molar-refractivity contribution is 0.177. The van der Waals surface area contributed by atoms with Crippen LogP contribution in [0, 0.1) is 10.8 Å². The van der Waals surface area contributed by atoms with E-state index in [1.807, 2.05) is 0 Å². The summed E-state index contributed by atoms with van der Waals surface area (Å²) in [6, 6.07) is 0. The van der Waals surface area contributed by atoms with Gasteiger partial charge in [-0.05, 0) is 49.5 Å². The van der Waals surface area contributed by atoms with E-state index in [1.54, 1.807) is 0 Å². The molecule has 1 unspecified atom stereocenters. The number of hydrogen-bond acceptors (Lipinski definition) is 1. The Labute approximate surface area is 116 Å². The molecule has 110 valence electrons. The van der Waals surface area contributed by atoms with E-state index >= 15 is 0 Å². The topological polar surface area (TPSA) is 12.0 Å². The summed E-state index contributed by atoms with van der Waals surface area (Å²) in [5.74, 6) is 0. The summed E-state index contributed by atoms with van der Waals surface area (Å²) in [5.41, 5.74) is 1.01. The largest absolute Gasteiger partial charge is 0.316 e. The molecule has 1 atom stereocenters. The summed E-state index contributed by atoms with van der Waals surface area (Å²) in [6.07, 6.45) is 9.39. The lowest BCUT2D eigenvalue weighted by atomic mass is 9.72. The van der Waals surface area contributed by atoms with E-state index in [0.717, 1.165) is 0 Å². The van der Waals surface area contributed by atoms with Gasteiger partial charge in [-0.3, -0.25) is 0 Å². The highest BCUT2D eigenvalue weighted by atomic mass is 14.9. The second-order valence-electron chi connectivity index (χ2n) is 7.19. The second-order valence-corrected chi connectivity index (χ2v) is 7.19. The minimum Gasteiger partial charge on any atom is -0.316 e. The highest BCUT2D eigenvalue weighted by molar-refractivity contribution is 4.82. The third-order valence-electron chi connectivity index (χ3n) is 4.14. The zero-order valence-corrected chi connectivity index (χ0v) is 13.9. The Hall–Kier alpha value is -0.0400. The Morgan fingerprint density at radius 2 is 1.50 bits per heavy atom. The van der Waals surface area contributed by atoms with Crippen molar-refractivity contribution in [3.63, 3.8) is 0 Å². The highest BCUT2D eigenvalue weighted by Gasteiger charge is 2.28. The fourth-order valence-electron chi connectivity index (χ4n) is 2.50. The Bertz CT molecular complexity index is 192. The van der Waals surface area contributed by atoms with Gasteiger partial charge >= 0.3 is 0 Å². The minimum absolute atomic E-state index is 0.470. The van der Waals surface area contributed by atoms with Gasteiger partial charge in [0.1, 0.15) is 0 Å². The van der Waals surface area contributed by atoms with Gasteiger partial charge in [0.2, 0.25) is 0 Å². The summed E-state index contributed by atoms with van der Waals surface area (Å²) < 4.78 is 0. The molecule has 0 saturated carbocycles. The Balaban J connectivity index is 4.43. The fraction of sp³-hybridized carbons (Fsp3) is 1.00. The van der Waals surface area contributed by atoms with Crippen LogP contribution in [-0.2, 0) is 0 Å². The van der Waals surface area contributed by atoms with Crippen LogP contribution < -0.4 is 5.32 Å². The fourth-order valence-corrected chi connectivity index (χ4v) is 2.50. The molecule has 0 aliphatic carbocycles. The molecular weight excluding hydrogens is 218 g/mol. The maximum Gasteiger partial charge on any atom is 0.000770 e. The average molecular weight is 255 g/mol. The summed E-state index contributed by atoms with van der Waals surface area (Å²) in [6.45, 7) is 16.4. The van der Waals surface area contributed by atoms with Crippen LogP contribution in [0.25, 0.3) is 0 Å². The maximum absolute atomic E-state index is 3.67. The third-order valence-corrected chi connectivity index (χ3v) is 4.14. The van der Waals surface area contributed by atoms with Gasteiger partial charge in [0.05, 0.1) is 0 Å². The molecular formula is C17H37N.